The second-order valence-electron chi connectivity index (χ2n) is 3.65. The van der Waals surface area contributed by atoms with Gasteiger partial charge in [-0.15, -0.1) is 0 Å². The number of ether oxygens (including phenoxy) is 1. The number of hydrogen-bond donors (Lipinski definition) is 1. The predicted octanol–water partition coefficient (Wildman–Crippen LogP) is 0.579. The van der Waals surface area contributed by atoms with Gasteiger partial charge in [0.2, 0.25) is 5.91 Å². The SMILES string of the molecule is CCOCCCN1C(=O)C(C)NC1C. The van der Waals surface area contributed by atoms with E-state index in [1.807, 2.05) is 25.7 Å². The van der Waals surface area contributed by atoms with Gasteiger partial charge >= 0.3 is 0 Å². The predicted molar refractivity (Wildman–Crippen MR) is 54.9 cm³/mol. The fraction of sp³-hybridized carbons (Fsp3) is 0.900. The van der Waals surface area contributed by atoms with Crippen molar-refractivity contribution in [2.45, 2.75) is 39.4 Å². The molecular weight excluding hydrogens is 180 g/mol. The third kappa shape index (κ3) is 2.69. The fourth-order valence-electron chi connectivity index (χ4n) is 1.75. The highest BCUT2D eigenvalue weighted by Crippen LogP contribution is 2.10. The molecule has 1 aliphatic heterocycles. The summed E-state index contributed by atoms with van der Waals surface area (Å²) in [4.78, 5) is 13.5. The minimum absolute atomic E-state index is 0.0305. The summed E-state index contributed by atoms with van der Waals surface area (Å²) >= 11 is 0. The van der Waals surface area contributed by atoms with Crippen LogP contribution in [-0.4, -0.2) is 42.8 Å². The van der Waals surface area contributed by atoms with Gasteiger partial charge in [0.05, 0.1) is 12.2 Å². The molecule has 2 unspecified atom stereocenters. The molecule has 4 heteroatoms. The van der Waals surface area contributed by atoms with E-state index in [9.17, 15) is 4.79 Å². The zero-order valence-corrected chi connectivity index (χ0v) is 9.25. The molecular formula is C10H20N2O2. The van der Waals surface area contributed by atoms with Gasteiger partial charge in [-0.25, -0.2) is 0 Å². The van der Waals surface area contributed by atoms with E-state index in [-0.39, 0.29) is 18.1 Å². The van der Waals surface area contributed by atoms with Gasteiger partial charge in [-0.2, -0.15) is 0 Å². The molecule has 0 saturated carbocycles. The van der Waals surface area contributed by atoms with E-state index >= 15 is 0 Å². The summed E-state index contributed by atoms with van der Waals surface area (Å²) in [6, 6.07) is -0.0305. The van der Waals surface area contributed by atoms with Crippen LogP contribution in [0.1, 0.15) is 27.2 Å². The van der Waals surface area contributed by atoms with Crippen LogP contribution < -0.4 is 5.32 Å². The van der Waals surface area contributed by atoms with Crippen molar-refractivity contribution < 1.29 is 9.53 Å². The first kappa shape index (κ1) is 11.5. The van der Waals surface area contributed by atoms with Gasteiger partial charge in [0.25, 0.3) is 0 Å². The van der Waals surface area contributed by atoms with Gasteiger partial charge in [0.1, 0.15) is 0 Å². The van der Waals surface area contributed by atoms with Crippen molar-refractivity contribution in [2.75, 3.05) is 19.8 Å². The van der Waals surface area contributed by atoms with E-state index in [1.54, 1.807) is 0 Å². The number of carbonyl (C=O) groups excluding carboxylic acids is 1. The second kappa shape index (κ2) is 5.32. The maximum absolute atomic E-state index is 11.6. The molecule has 0 spiro atoms. The summed E-state index contributed by atoms with van der Waals surface area (Å²) in [5, 5.41) is 3.19. The molecule has 1 rings (SSSR count). The molecule has 0 aromatic carbocycles. The van der Waals surface area contributed by atoms with Crippen LogP contribution in [0.3, 0.4) is 0 Å². The molecule has 1 aliphatic rings. The molecule has 14 heavy (non-hydrogen) atoms. The van der Waals surface area contributed by atoms with E-state index < -0.39 is 0 Å². The average Bonchev–Trinajstić information content (AvgIpc) is 2.38. The zero-order chi connectivity index (χ0) is 10.6. The number of nitrogens with zero attached hydrogens (tertiary/aromatic N) is 1. The minimum Gasteiger partial charge on any atom is -0.382 e. The normalized spacial score (nSPS) is 27.4. The Balaban J connectivity index is 2.26. The topological polar surface area (TPSA) is 41.6 Å². The van der Waals surface area contributed by atoms with Crippen molar-refractivity contribution >= 4 is 5.91 Å². The Bertz CT molecular complexity index is 197. The lowest BCUT2D eigenvalue weighted by molar-refractivity contribution is -0.129. The molecule has 0 aromatic rings. The van der Waals surface area contributed by atoms with Crippen LogP contribution in [0.25, 0.3) is 0 Å². The zero-order valence-electron chi connectivity index (χ0n) is 9.25. The van der Waals surface area contributed by atoms with E-state index in [0.717, 1.165) is 26.2 Å². The molecule has 0 aromatic heterocycles. The van der Waals surface area contributed by atoms with Crippen molar-refractivity contribution in [3.05, 3.63) is 0 Å². The first-order valence-corrected chi connectivity index (χ1v) is 5.31. The largest absolute Gasteiger partial charge is 0.382 e. The van der Waals surface area contributed by atoms with Crippen LogP contribution in [0.2, 0.25) is 0 Å². The first-order chi connectivity index (χ1) is 6.66. The molecule has 1 saturated heterocycles. The van der Waals surface area contributed by atoms with Crippen molar-refractivity contribution in [1.29, 1.82) is 0 Å². The highest BCUT2D eigenvalue weighted by atomic mass is 16.5. The van der Waals surface area contributed by atoms with Gasteiger partial charge in [-0.05, 0) is 27.2 Å². The molecule has 2 atom stereocenters. The Hall–Kier alpha value is -0.610. The molecule has 1 N–H and O–H groups in total. The van der Waals surface area contributed by atoms with Crippen molar-refractivity contribution in [1.82, 2.24) is 10.2 Å². The Morgan fingerprint density at radius 3 is 2.71 bits per heavy atom. The van der Waals surface area contributed by atoms with Gasteiger partial charge in [0.15, 0.2) is 0 Å². The third-order valence-corrected chi connectivity index (χ3v) is 2.50. The Labute approximate surface area is 85.6 Å². The summed E-state index contributed by atoms with van der Waals surface area (Å²) < 4.78 is 5.23. The molecule has 0 bridgehead atoms. The highest BCUT2D eigenvalue weighted by molar-refractivity contribution is 5.83. The van der Waals surface area contributed by atoms with Crippen molar-refractivity contribution in [3.63, 3.8) is 0 Å². The monoisotopic (exact) mass is 200 g/mol. The number of nitrogens with one attached hydrogen (secondary N) is 1. The molecule has 82 valence electrons. The summed E-state index contributed by atoms with van der Waals surface area (Å²) in [5.41, 5.74) is 0. The minimum atomic E-state index is -0.0305. The Morgan fingerprint density at radius 1 is 1.50 bits per heavy atom. The van der Waals surface area contributed by atoms with E-state index in [2.05, 4.69) is 5.32 Å². The van der Waals surface area contributed by atoms with E-state index in [0.29, 0.717) is 0 Å². The smallest absolute Gasteiger partial charge is 0.240 e. The van der Waals surface area contributed by atoms with Crippen molar-refractivity contribution in [3.8, 4) is 0 Å². The first-order valence-electron chi connectivity index (χ1n) is 5.31. The molecule has 1 heterocycles. The van der Waals surface area contributed by atoms with Gasteiger partial charge in [-0.3, -0.25) is 10.1 Å². The van der Waals surface area contributed by atoms with E-state index in [4.69, 9.17) is 4.74 Å². The van der Waals surface area contributed by atoms with Gasteiger partial charge in [-0.1, -0.05) is 0 Å². The molecule has 0 radical (unpaired) electrons. The number of rotatable bonds is 5. The molecule has 1 amide bonds. The summed E-state index contributed by atoms with van der Waals surface area (Å²) in [5.74, 6) is 0.203. The van der Waals surface area contributed by atoms with E-state index in [1.165, 1.54) is 0 Å². The second-order valence-corrected chi connectivity index (χ2v) is 3.65. The van der Waals surface area contributed by atoms with Crippen molar-refractivity contribution in [2.24, 2.45) is 0 Å². The molecule has 0 aliphatic carbocycles. The molecule has 4 nitrogen and oxygen atoms in total. The van der Waals surface area contributed by atoms with Crippen LogP contribution in [0.5, 0.6) is 0 Å². The van der Waals surface area contributed by atoms with Crippen LogP contribution >= 0.6 is 0 Å². The lowest BCUT2D eigenvalue weighted by Gasteiger charge is -2.20. The lowest BCUT2D eigenvalue weighted by atomic mass is 10.3. The third-order valence-electron chi connectivity index (χ3n) is 2.50. The number of amides is 1. The molecule has 1 fully saturated rings. The standard InChI is InChI=1S/C10H20N2O2/c1-4-14-7-5-6-12-9(3)11-8(2)10(12)13/h8-9,11H,4-7H2,1-3H3. The number of carbonyl (C=O) groups is 1. The lowest BCUT2D eigenvalue weighted by Crippen LogP contribution is -2.35. The maximum atomic E-state index is 11.6. The number of hydrogen-bond acceptors (Lipinski definition) is 3. The van der Waals surface area contributed by atoms with Crippen LogP contribution in [0.15, 0.2) is 0 Å². The quantitative estimate of drug-likeness (QED) is 0.660. The van der Waals surface area contributed by atoms with Crippen LogP contribution in [-0.2, 0) is 9.53 Å². The summed E-state index contributed by atoms with van der Waals surface area (Å²) in [6.07, 6.45) is 1.08. The van der Waals surface area contributed by atoms with Crippen LogP contribution in [0, 0.1) is 0 Å². The average molecular weight is 200 g/mol. The fourth-order valence-corrected chi connectivity index (χ4v) is 1.75. The van der Waals surface area contributed by atoms with Crippen LogP contribution in [0.4, 0.5) is 0 Å². The van der Waals surface area contributed by atoms with Gasteiger partial charge < -0.3 is 9.64 Å². The maximum Gasteiger partial charge on any atom is 0.240 e. The van der Waals surface area contributed by atoms with Gasteiger partial charge in [0, 0.05) is 19.8 Å². The Kier molecular flexibility index (Phi) is 4.35. The summed E-state index contributed by atoms with van der Waals surface area (Å²) in [6.45, 7) is 8.17. The summed E-state index contributed by atoms with van der Waals surface area (Å²) in [7, 11) is 0. The Morgan fingerprint density at radius 2 is 2.21 bits per heavy atom. The highest BCUT2D eigenvalue weighted by Gasteiger charge is 2.32.